The van der Waals surface area contributed by atoms with E-state index in [2.05, 4.69) is 5.32 Å². The minimum Gasteiger partial charge on any atom is -0.339 e. The first-order valence-electron chi connectivity index (χ1n) is 10.8. The van der Waals surface area contributed by atoms with Crippen LogP contribution in [0.15, 0.2) is 47.4 Å². The number of likely N-dealkylation sites (tertiary alicyclic amines) is 1. The fourth-order valence-electron chi connectivity index (χ4n) is 3.79. The van der Waals surface area contributed by atoms with Crippen molar-refractivity contribution in [2.75, 3.05) is 31.5 Å². The third-order valence-electron chi connectivity index (χ3n) is 5.57. The van der Waals surface area contributed by atoms with E-state index < -0.39 is 15.9 Å². The number of halogens is 1. The summed E-state index contributed by atoms with van der Waals surface area (Å²) in [6, 6.07) is 10.9. The van der Waals surface area contributed by atoms with E-state index in [9.17, 15) is 18.0 Å². The van der Waals surface area contributed by atoms with E-state index in [0.717, 1.165) is 19.3 Å². The molecule has 1 saturated heterocycles. The van der Waals surface area contributed by atoms with Crippen molar-refractivity contribution in [2.45, 2.75) is 38.0 Å². The maximum atomic E-state index is 13.0. The van der Waals surface area contributed by atoms with Gasteiger partial charge < -0.3 is 10.2 Å². The second-order valence-corrected chi connectivity index (χ2v) is 9.93. The minimum atomic E-state index is -3.75. The third-order valence-corrected chi connectivity index (χ3v) is 7.95. The van der Waals surface area contributed by atoms with Gasteiger partial charge in [-0.3, -0.25) is 9.59 Å². The van der Waals surface area contributed by atoms with Crippen molar-refractivity contribution in [3.8, 4) is 0 Å². The topological polar surface area (TPSA) is 86.8 Å². The van der Waals surface area contributed by atoms with E-state index >= 15 is 0 Å². The first-order chi connectivity index (χ1) is 15.3. The molecule has 2 aromatic rings. The summed E-state index contributed by atoms with van der Waals surface area (Å²) in [7, 11) is -3.75. The summed E-state index contributed by atoms with van der Waals surface area (Å²) in [5.74, 6) is -0.713. The van der Waals surface area contributed by atoms with Crippen LogP contribution >= 0.6 is 11.6 Å². The number of carbonyl (C=O) groups is 2. The normalized spacial score (nSPS) is 14.4. The van der Waals surface area contributed by atoms with Gasteiger partial charge in [-0.15, -0.1) is 0 Å². The van der Waals surface area contributed by atoms with Crippen molar-refractivity contribution in [1.29, 1.82) is 0 Å². The molecule has 1 N–H and O–H groups in total. The predicted molar refractivity (Wildman–Crippen MR) is 126 cm³/mol. The van der Waals surface area contributed by atoms with E-state index in [1.165, 1.54) is 22.5 Å². The number of sulfonamides is 1. The van der Waals surface area contributed by atoms with Crippen molar-refractivity contribution in [3.05, 3.63) is 58.6 Å². The first-order valence-corrected chi connectivity index (χ1v) is 12.6. The molecule has 172 valence electrons. The number of amides is 2. The highest BCUT2D eigenvalue weighted by Crippen LogP contribution is 2.26. The van der Waals surface area contributed by atoms with E-state index in [-0.39, 0.29) is 21.4 Å². The van der Waals surface area contributed by atoms with Crippen LogP contribution in [0.25, 0.3) is 0 Å². The Morgan fingerprint density at radius 1 is 1.00 bits per heavy atom. The minimum absolute atomic E-state index is 0.00608. The number of rotatable bonds is 7. The lowest BCUT2D eigenvalue weighted by Gasteiger charge is -2.27. The highest BCUT2D eigenvalue weighted by molar-refractivity contribution is 7.89. The number of anilines is 1. The van der Waals surface area contributed by atoms with Crippen LogP contribution in [0.4, 0.5) is 5.69 Å². The third kappa shape index (κ3) is 5.14. The Hall–Kier alpha value is -2.42. The summed E-state index contributed by atoms with van der Waals surface area (Å²) in [5.41, 5.74) is 0.784. The molecule has 0 saturated carbocycles. The molecule has 1 fully saturated rings. The maximum absolute atomic E-state index is 13.0. The Morgan fingerprint density at radius 2 is 1.66 bits per heavy atom. The van der Waals surface area contributed by atoms with Gasteiger partial charge in [0.2, 0.25) is 10.0 Å². The van der Waals surface area contributed by atoms with Crippen molar-refractivity contribution in [2.24, 2.45) is 0 Å². The number of para-hydroxylation sites is 1. The Bertz CT molecular complexity index is 1090. The molecule has 3 rings (SSSR count). The molecule has 2 aromatic carbocycles. The van der Waals surface area contributed by atoms with Crippen LogP contribution in [0.3, 0.4) is 0 Å². The van der Waals surface area contributed by atoms with Crippen molar-refractivity contribution in [3.63, 3.8) is 0 Å². The van der Waals surface area contributed by atoms with E-state index in [1.807, 2.05) is 0 Å². The van der Waals surface area contributed by atoms with Crippen LogP contribution in [0, 0.1) is 0 Å². The summed E-state index contributed by atoms with van der Waals surface area (Å²) in [4.78, 5) is 27.8. The van der Waals surface area contributed by atoms with Crippen LogP contribution in [0.1, 0.15) is 53.8 Å². The van der Waals surface area contributed by atoms with Crippen molar-refractivity contribution >= 4 is 39.1 Å². The highest BCUT2D eigenvalue weighted by atomic mass is 35.5. The van der Waals surface area contributed by atoms with Gasteiger partial charge in [-0.25, -0.2) is 8.42 Å². The molecule has 0 aromatic heterocycles. The molecule has 7 nitrogen and oxygen atoms in total. The van der Waals surface area contributed by atoms with Gasteiger partial charge in [0.25, 0.3) is 11.8 Å². The number of carbonyl (C=O) groups excluding carboxylic acids is 2. The summed E-state index contributed by atoms with van der Waals surface area (Å²) in [5, 5.41) is 2.87. The second-order valence-electron chi connectivity index (χ2n) is 7.58. The molecule has 0 unspecified atom stereocenters. The quantitative estimate of drug-likeness (QED) is 0.645. The molecular weight excluding hydrogens is 450 g/mol. The molecular formula is C23H28ClN3O4S. The van der Waals surface area contributed by atoms with Gasteiger partial charge in [-0.1, -0.05) is 37.6 Å². The Morgan fingerprint density at radius 3 is 2.31 bits per heavy atom. The monoisotopic (exact) mass is 477 g/mol. The van der Waals surface area contributed by atoms with Crippen LogP contribution < -0.4 is 5.32 Å². The number of hydrogen-bond acceptors (Lipinski definition) is 4. The van der Waals surface area contributed by atoms with Crippen LogP contribution in [-0.4, -0.2) is 55.6 Å². The molecule has 0 aliphatic carbocycles. The molecule has 9 heteroatoms. The Balaban J connectivity index is 1.89. The van der Waals surface area contributed by atoms with Crippen LogP contribution in [0.5, 0.6) is 0 Å². The fourth-order valence-corrected chi connectivity index (χ4v) is 5.48. The second kappa shape index (κ2) is 10.5. The molecule has 0 bridgehead atoms. The van der Waals surface area contributed by atoms with Gasteiger partial charge in [-0.05, 0) is 49.6 Å². The zero-order valence-electron chi connectivity index (χ0n) is 18.3. The lowest BCUT2D eigenvalue weighted by molar-refractivity contribution is 0.0725. The molecule has 32 heavy (non-hydrogen) atoms. The SMILES string of the molecule is CCN(CC)S(=O)(=O)c1ccc(Cl)c(C(=O)Nc2ccccc2C(=O)N2CCCCC2)c1. The van der Waals surface area contributed by atoms with Gasteiger partial charge in [0, 0.05) is 26.2 Å². The van der Waals surface area contributed by atoms with Gasteiger partial charge in [0.05, 0.1) is 26.7 Å². The van der Waals surface area contributed by atoms with E-state index in [0.29, 0.717) is 37.4 Å². The molecule has 1 aliphatic heterocycles. The van der Waals surface area contributed by atoms with E-state index in [4.69, 9.17) is 11.6 Å². The summed E-state index contributed by atoms with van der Waals surface area (Å²) in [6.07, 6.45) is 3.03. The number of hydrogen-bond donors (Lipinski definition) is 1. The fraction of sp³-hybridized carbons (Fsp3) is 0.391. The van der Waals surface area contributed by atoms with Crippen LogP contribution in [-0.2, 0) is 10.0 Å². The average Bonchev–Trinajstić information content (AvgIpc) is 2.80. The lowest BCUT2D eigenvalue weighted by atomic mass is 10.1. The Labute approximate surface area is 194 Å². The highest BCUT2D eigenvalue weighted by Gasteiger charge is 2.25. The average molecular weight is 478 g/mol. The van der Waals surface area contributed by atoms with Gasteiger partial charge in [0.15, 0.2) is 0 Å². The van der Waals surface area contributed by atoms with Gasteiger partial charge in [0.1, 0.15) is 0 Å². The molecule has 1 aliphatic rings. The standard InChI is InChI=1S/C23H28ClN3O4S/c1-3-27(4-2)32(30,31)17-12-13-20(24)19(16-17)22(28)25-21-11-7-6-10-18(21)23(29)26-14-8-5-9-15-26/h6-7,10-13,16H,3-5,8-9,14-15H2,1-2H3,(H,25,28). The molecule has 0 atom stereocenters. The van der Waals surface area contributed by atoms with Crippen molar-refractivity contribution in [1.82, 2.24) is 9.21 Å². The zero-order valence-corrected chi connectivity index (χ0v) is 19.9. The summed E-state index contributed by atoms with van der Waals surface area (Å²) in [6.45, 7) is 5.52. The molecule has 2 amide bonds. The van der Waals surface area contributed by atoms with Gasteiger partial charge in [-0.2, -0.15) is 4.31 Å². The lowest BCUT2D eigenvalue weighted by Crippen LogP contribution is -2.36. The maximum Gasteiger partial charge on any atom is 0.257 e. The first kappa shape index (κ1) is 24.2. The van der Waals surface area contributed by atoms with E-state index in [1.54, 1.807) is 43.0 Å². The molecule has 1 heterocycles. The largest absolute Gasteiger partial charge is 0.339 e. The summed E-state index contributed by atoms with van der Waals surface area (Å²) < 4.78 is 27.0. The van der Waals surface area contributed by atoms with Gasteiger partial charge >= 0.3 is 0 Å². The van der Waals surface area contributed by atoms with Crippen LogP contribution in [0.2, 0.25) is 5.02 Å². The molecule has 0 radical (unpaired) electrons. The smallest absolute Gasteiger partial charge is 0.257 e. The number of piperidine rings is 1. The predicted octanol–water partition coefficient (Wildman–Crippen LogP) is 4.25. The number of nitrogens with one attached hydrogen (secondary N) is 1. The molecule has 0 spiro atoms. The number of nitrogens with zero attached hydrogens (tertiary/aromatic N) is 2. The Kier molecular flexibility index (Phi) is 7.92. The summed E-state index contributed by atoms with van der Waals surface area (Å²) >= 11 is 6.23. The zero-order chi connectivity index (χ0) is 23.3. The van der Waals surface area contributed by atoms with Crippen molar-refractivity contribution < 1.29 is 18.0 Å². The number of benzene rings is 2.